The SMILES string of the molecule is C[C@@]12CCC3=C(CCC4=CC(=O)C=C[C@]43N)C1=C[C@H](O)C2. The van der Waals surface area contributed by atoms with Crippen LogP contribution in [0.3, 0.4) is 0 Å². The average molecular weight is 283 g/mol. The minimum absolute atomic E-state index is 0.0475. The molecule has 0 spiro atoms. The standard InChI is InChI=1S/C18H21NO2/c1-17-6-5-15-14(16(17)9-13(21)10-17)3-2-11-8-12(20)4-7-18(11,15)19/h4,7-9,13,21H,2-3,5-6,10,19H2,1H3/t13-,17-,18-/m0/s1. The quantitative estimate of drug-likeness (QED) is 0.717. The van der Waals surface area contributed by atoms with Crippen LogP contribution in [0.25, 0.3) is 0 Å². The molecule has 0 aromatic carbocycles. The molecule has 3 N–H and O–H groups in total. The topological polar surface area (TPSA) is 63.3 Å². The van der Waals surface area contributed by atoms with Crippen molar-refractivity contribution in [2.75, 3.05) is 0 Å². The normalized spacial score (nSPS) is 41.3. The average Bonchev–Trinajstić information content (AvgIpc) is 2.74. The molecule has 0 heterocycles. The Bertz CT molecular complexity index is 667. The molecule has 0 saturated carbocycles. The van der Waals surface area contributed by atoms with Gasteiger partial charge in [-0.05, 0) is 72.0 Å². The van der Waals surface area contributed by atoms with Gasteiger partial charge in [-0.15, -0.1) is 0 Å². The van der Waals surface area contributed by atoms with Crippen LogP contribution in [0.1, 0.15) is 39.0 Å². The van der Waals surface area contributed by atoms with Crippen molar-refractivity contribution in [1.29, 1.82) is 0 Å². The lowest BCUT2D eigenvalue weighted by Crippen LogP contribution is -2.48. The minimum atomic E-state index is -0.572. The summed E-state index contributed by atoms with van der Waals surface area (Å²) in [5.41, 5.74) is 11.2. The first-order valence-electron chi connectivity index (χ1n) is 7.79. The first-order chi connectivity index (χ1) is 9.92. The molecule has 0 saturated heterocycles. The Labute approximate surface area is 124 Å². The summed E-state index contributed by atoms with van der Waals surface area (Å²) in [5, 5.41) is 10.0. The Morgan fingerprint density at radius 3 is 2.95 bits per heavy atom. The highest BCUT2D eigenvalue weighted by Crippen LogP contribution is 2.56. The lowest BCUT2D eigenvalue weighted by Gasteiger charge is -2.46. The summed E-state index contributed by atoms with van der Waals surface area (Å²) in [7, 11) is 0. The lowest BCUT2D eigenvalue weighted by atomic mass is 9.60. The molecule has 3 atom stereocenters. The number of aliphatic hydroxyl groups is 1. The van der Waals surface area contributed by atoms with Gasteiger partial charge in [-0.1, -0.05) is 19.1 Å². The van der Waals surface area contributed by atoms with Gasteiger partial charge >= 0.3 is 0 Å². The summed E-state index contributed by atoms with van der Waals surface area (Å²) < 4.78 is 0. The van der Waals surface area contributed by atoms with Crippen LogP contribution in [-0.2, 0) is 4.79 Å². The number of rotatable bonds is 0. The Morgan fingerprint density at radius 1 is 1.33 bits per heavy atom. The van der Waals surface area contributed by atoms with E-state index in [1.54, 1.807) is 12.2 Å². The van der Waals surface area contributed by atoms with Crippen molar-refractivity contribution < 1.29 is 9.90 Å². The van der Waals surface area contributed by atoms with E-state index in [2.05, 4.69) is 6.92 Å². The molecule has 0 bridgehead atoms. The van der Waals surface area contributed by atoms with Crippen LogP contribution in [0.5, 0.6) is 0 Å². The Hall–Kier alpha value is -1.45. The summed E-state index contributed by atoms with van der Waals surface area (Å²) in [6.45, 7) is 2.26. The van der Waals surface area contributed by atoms with Gasteiger partial charge in [0.25, 0.3) is 0 Å². The predicted molar refractivity (Wildman–Crippen MR) is 81.5 cm³/mol. The van der Waals surface area contributed by atoms with Gasteiger partial charge in [-0.3, -0.25) is 4.79 Å². The van der Waals surface area contributed by atoms with E-state index < -0.39 is 5.54 Å². The number of aliphatic hydroxyl groups excluding tert-OH is 1. The number of carbonyl (C=O) groups is 1. The van der Waals surface area contributed by atoms with E-state index in [0.717, 1.165) is 37.7 Å². The highest BCUT2D eigenvalue weighted by molar-refractivity contribution is 6.02. The van der Waals surface area contributed by atoms with Crippen molar-refractivity contribution in [3.63, 3.8) is 0 Å². The monoisotopic (exact) mass is 283 g/mol. The number of ketones is 1. The van der Waals surface area contributed by atoms with Crippen molar-refractivity contribution in [1.82, 2.24) is 0 Å². The first kappa shape index (κ1) is 13.2. The maximum atomic E-state index is 11.6. The summed E-state index contributed by atoms with van der Waals surface area (Å²) in [5.74, 6) is 0.0475. The highest BCUT2D eigenvalue weighted by Gasteiger charge is 2.47. The van der Waals surface area contributed by atoms with Crippen molar-refractivity contribution in [3.8, 4) is 0 Å². The second-order valence-electron chi connectivity index (χ2n) is 7.14. The Kier molecular flexibility index (Phi) is 2.55. The zero-order valence-electron chi connectivity index (χ0n) is 12.4. The molecule has 3 nitrogen and oxygen atoms in total. The smallest absolute Gasteiger partial charge is 0.178 e. The van der Waals surface area contributed by atoms with E-state index in [9.17, 15) is 9.90 Å². The van der Waals surface area contributed by atoms with Crippen LogP contribution in [0, 0.1) is 5.41 Å². The van der Waals surface area contributed by atoms with Crippen LogP contribution in [0.4, 0.5) is 0 Å². The summed E-state index contributed by atoms with van der Waals surface area (Å²) in [6.07, 6.45) is 11.5. The molecule has 3 heteroatoms. The molecule has 110 valence electrons. The number of carbonyl (C=O) groups excluding carboxylic acids is 1. The summed E-state index contributed by atoms with van der Waals surface area (Å²) in [6, 6.07) is 0. The number of hydrogen-bond acceptors (Lipinski definition) is 3. The molecule has 0 unspecified atom stereocenters. The third-order valence-electron chi connectivity index (χ3n) is 5.79. The molecule has 4 aliphatic rings. The van der Waals surface area contributed by atoms with Crippen molar-refractivity contribution >= 4 is 5.78 Å². The van der Waals surface area contributed by atoms with Gasteiger partial charge < -0.3 is 10.8 Å². The van der Waals surface area contributed by atoms with Gasteiger partial charge in [0, 0.05) is 0 Å². The van der Waals surface area contributed by atoms with Gasteiger partial charge in [-0.2, -0.15) is 0 Å². The number of nitrogens with two attached hydrogens (primary N) is 1. The number of hydrogen-bond donors (Lipinski definition) is 2. The third kappa shape index (κ3) is 1.71. The fraction of sp³-hybridized carbons (Fsp3) is 0.500. The van der Waals surface area contributed by atoms with E-state index in [-0.39, 0.29) is 17.3 Å². The molecular weight excluding hydrogens is 262 g/mol. The molecule has 21 heavy (non-hydrogen) atoms. The zero-order chi connectivity index (χ0) is 14.8. The number of allylic oxidation sites excluding steroid dienone is 4. The van der Waals surface area contributed by atoms with E-state index in [4.69, 9.17) is 5.73 Å². The molecule has 0 aliphatic heterocycles. The number of fused-ring (bicyclic) bond motifs is 4. The van der Waals surface area contributed by atoms with Gasteiger partial charge in [0.15, 0.2) is 5.78 Å². The second kappa shape index (κ2) is 4.05. The van der Waals surface area contributed by atoms with E-state index >= 15 is 0 Å². The van der Waals surface area contributed by atoms with Crippen LogP contribution in [-0.4, -0.2) is 22.5 Å². The lowest BCUT2D eigenvalue weighted by molar-refractivity contribution is -0.110. The fourth-order valence-corrected chi connectivity index (χ4v) is 4.67. The zero-order valence-corrected chi connectivity index (χ0v) is 12.4. The molecule has 4 aliphatic carbocycles. The van der Waals surface area contributed by atoms with Gasteiger partial charge in [0.05, 0.1) is 11.6 Å². The van der Waals surface area contributed by atoms with E-state index in [0.29, 0.717) is 0 Å². The summed E-state index contributed by atoms with van der Waals surface area (Å²) >= 11 is 0. The second-order valence-corrected chi connectivity index (χ2v) is 7.14. The van der Waals surface area contributed by atoms with Crippen LogP contribution in [0.15, 0.2) is 46.6 Å². The van der Waals surface area contributed by atoms with Gasteiger partial charge in [-0.25, -0.2) is 0 Å². The molecule has 0 aromatic heterocycles. The van der Waals surface area contributed by atoms with Crippen LogP contribution < -0.4 is 5.73 Å². The van der Waals surface area contributed by atoms with Crippen LogP contribution >= 0.6 is 0 Å². The Morgan fingerprint density at radius 2 is 2.14 bits per heavy atom. The maximum absolute atomic E-state index is 11.6. The molecule has 0 amide bonds. The molecule has 0 radical (unpaired) electrons. The minimum Gasteiger partial charge on any atom is -0.389 e. The van der Waals surface area contributed by atoms with E-state index in [1.165, 1.54) is 16.7 Å². The van der Waals surface area contributed by atoms with Crippen molar-refractivity contribution in [3.05, 3.63) is 46.6 Å². The van der Waals surface area contributed by atoms with Gasteiger partial charge in [0.2, 0.25) is 0 Å². The molecule has 0 aromatic rings. The van der Waals surface area contributed by atoms with Crippen molar-refractivity contribution in [2.45, 2.75) is 50.7 Å². The summed E-state index contributed by atoms with van der Waals surface area (Å²) in [4.78, 5) is 11.6. The predicted octanol–water partition coefficient (Wildman–Crippen LogP) is 2.33. The Balaban J connectivity index is 1.87. The van der Waals surface area contributed by atoms with E-state index in [1.807, 2.05) is 12.2 Å². The van der Waals surface area contributed by atoms with Crippen LogP contribution in [0.2, 0.25) is 0 Å². The van der Waals surface area contributed by atoms with Crippen molar-refractivity contribution in [2.24, 2.45) is 11.1 Å². The molecule has 4 rings (SSSR count). The highest BCUT2D eigenvalue weighted by atomic mass is 16.3. The molecular formula is C18H21NO2. The van der Waals surface area contributed by atoms with Gasteiger partial charge in [0.1, 0.15) is 0 Å². The maximum Gasteiger partial charge on any atom is 0.178 e. The largest absolute Gasteiger partial charge is 0.389 e. The first-order valence-corrected chi connectivity index (χ1v) is 7.79. The fourth-order valence-electron chi connectivity index (χ4n) is 4.67. The molecule has 0 fully saturated rings. The third-order valence-corrected chi connectivity index (χ3v) is 5.79.